The molecule has 0 saturated carbocycles. The fraction of sp³-hybridized carbons (Fsp3) is 0.381. The Bertz CT molecular complexity index is 922. The van der Waals surface area contributed by atoms with Crippen molar-refractivity contribution in [1.82, 2.24) is 0 Å². The predicted octanol–water partition coefficient (Wildman–Crippen LogP) is 4.08. The number of fused-ring (bicyclic) bond motifs is 1. The third kappa shape index (κ3) is 5.14. The number of aryl methyl sites for hydroxylation is 1. The Balaban J connectivity index is 1.82. The topological polar surface area (TPSA) is 105 Å². The van der Waals surface area contributed by atoms with Crippen molar-refractivity contribution < 1.29 is 24.2 Å². The number of carbonyl (C=O) groups excluding carboxylic acids is 2. The van der Waals surface area contributed by atoms with Crippen LogP contribution in [0.25, 0.3) is 0 Å². The van der Waals surface area contributed by atoms with Gasteiger partial charge in [-0.15, -0.1) is 11.3 Å². The zero-order chi connectivity index (χ0) is 20.8. The van der Waals surface area contributed by atoms with Crippen molar-refractivity contribution in [3.8, 4) is 5.75 Å². The summed E-state index contributed by atoms with van der Waals surface area (Å²) in [6.07, 6.45) is 4.06. The molecule has 1 heterocycles. The number of thiophene rings is 1. The number of hydrogen-bond acceptors (Lipinski definition) is 5. The van der Waals surface area contributed by atoms with Gasteiger partial charge in [-0.05, 0) is 49.8 Å². The lowest BCUT2D eigenvalue weighted by Gasteiger charge is -2.14. The Morgan fingerprint density at radius 2 is 1.86 bits per heavy atom. The van der Waals surface area contributed by atoms with Gasteiger partial charge in [0.25, 0.3) is 5.91 Å². The number of aliphatic carboxylic acids is 1. The van der Waals surface area contributed by atoms with Crippen LogP contribution in [0.5, 0.6) is 5.75 Å². The van der Waals surface area contributed by atoms with Crippen molar-refractivity contribution in [3.63, 3.8) is 0 Å². The highest BCUT2D eigenvalue weighted by Crippen LogP contribution is 2.39. The molecule has 0 unspecified atom stereocenters. The molecule has 3 rings (SSSR count). The van der Waals surface area contributed by atoms with E-state index in [-0.39, 0.29) is 31.1 Å². The van der Waals surface area contributed by atoms with E-state index in [1.165, 1.54) is 11.3 Å². The maximum atomic E-state index is 13.1. The highest BCUT2D eigenvalue weighted by molar-refractivity contribution is 7.17. The molecular weight excluding hydrogens is 392 g/mol. The summed E-state index contributed by atoms with van der Waals surface area (Å²) >= 11 is 1.44. The molecule has 0 fully saturated rings. The summed E-state index contributed by atoms with van der Waals surface area (Å²) in [6.45, 7) is 0. The highest BCUT2D eigenvalue weighted by atomic mass is 32.1. The number of methoxy groups -OCH3 is 1. The van der Waals surface area contributed by atoms with E-state index >= 15 is 0 Å². The van der Waals surface area contributed by atoms with Gasteiger partial charge in [-0.25, -0.2) is 0 Å². The van der Waals surface area contributed by atoms with Crippen LogP contribution in [0.15, 0.2) is 24.3 Å². The standard InChI is InChI=1S/C21H24N2O5S/c1-28-15-9-4-3-8-14(15)22-20(27)19-13-7-2-5-10-16(13)29-21(19)23-17(24)11-6-12-18(25)26/h3-4,8-9H,2,5-7,10-12H2,1H3,(H,22,27)(H,23,24)(H,25,26). The average Bonchev–Trinajstić information content (AvgIpc) is 3.05. The number of benzene rings is 1. The predicted molar refractivity (Wildman–Crippen MR) is 112 cm³/mol. The monoisotopic (exact) mass is 416 g/mol. The average molecular weight is 416 g/mol. The molecule has 7 nitrogen and oxygen atoms in total. The first-order chi connectivity index (χ1) is 14.0. The first kappa shape index (κ1) is 20.9. The molecule has 0 aliphatic heterocycles. The zero-order valence-corrected chi connectivity index (χ0v) is 17.1. The van der Waals surface area contributed by atoms with Crippen LogP contribution in [0, 0.1) is 0 Å². The van der Waals surface area contributed by atoms with Gasteiger partial charge in [-0.2, -0.15) is 0 Å². The molecule has 2 amide bonds. The fourth-order valence-electron chi connectivity index (χ4n) is 3.42. The molecule has 1 aromatic carbocycles. The molecular formula is C21H24N2O5S. The molecule has 1 aliphatic rings. The van der Waals surface area contributed by atoms with Gasteiger partial charge in [0.05, 0.1) is 18.4 Å². The van der Waals surface area contributed by atoms with E-state index in [1.54, 1.807) is 19.2 Å². The minimum Gasteiger partial charge on any atom is -0.495 e. The van der Waals surface area contributed by atoms with Gasteiger partial charge >= 0.3 is 5.97 Å². The van der Waals surface area contributed by atoms with E-state index < -0.39 is 5.97 Å². The highest BCUT2D eigenvalue weighted by Gasteiger charge is 2.26. The van der Waals surface area contributed by atoms with E-state index in [9.17, 15) is 14.4 Å². The Morgan fingerprint density at radius 1 is 1.10 bits per heavy atom. The van der Waals surface area contributed by atoms with Crippen LogP contribution in [0.1, 0.15) is 52.9 Å². The van der Waals surface area contributed by atoms with Crippen LogP contribution in [0.3, 0.4) is 0 Å². The number of anilines is 2. The molecule has 0 spiro atoms. The van der Waals surface area contributed by atoms with Gasteiger partial charge in [0.15, 0.2) is 0 Å². The smallest absolute Gasteiger partial charge is 0.303 e. The van der Waals surface area contributed by atoms with Crippen molar-refractivity contribution in [3.05, 3.63) is 40.3 Å². The maximum Gasteiger partial charge on any atom is 0.303 e. The second-order valence-electron chi connectivity index (χ2n) is 6.86. The van der Waals surface area contributed by atoms with E-state index in [4.69, 9.17) is 9.84 Å². The van der Waals surface area contributed by atoms with Crippen molar-refractivity contribution in [2.24, 2.45) is 0 Å². The lowest BCUT2D eigenvalue weighted by atomic mass is 9.95. The van der Waals surface area contributed by atoms with Gasteiger partial charge in [0.2, 0.25) is 5.91 Å². The molecule has 29 heavy (non-hydrogen) atoms. The molecule has 154 valence electrons. The molecule has 0 saturated heterocycles. The van der Waals surface area contributed by atoms with E-state index in [0.717, 1.165) is 36.1 Å². The van der Waals surface area contributed by atoms with E-state index in [1.807, 2.05) is 12.1 Å². The van der Waals surface area contributed by atoms with Crippen LogP contribution in [0.4, 0.5) is 10.7 Å². The zero-order valence-electron chi connectivity index (χ0n) is 16.2. The number of ether oxygens (including phenoxy) is 1. The maximum absolute atomic E-state index is 13.1. The molecule has 1 aromatic heterocycles. The summed E-state index contributed by atoms with van der Waals surface area (Å²) in [5, 5.41) is 15.0. The first-order valence-corrected chi connectivity index (χ1v) is 10.4. The lowest BCUT2D eigenvalue weighted by molar-refractivity contribution is -0.137. The molecule has 1 aliphatic carbocycles. The van der Waals surface area contributed by atoms with Crippen molar-refractivity contribution >= 4 is 39.8 Å². The van der Waals surface area contributed by atoms with Gasteiger partial charge < -0.3 is 20.5 Å². The lowest BCUT2D eigenvalue weighted by Crippen LogP contribution is -2.19. The molecule has 0 bridgehead atoms. The quantitative estimate of drug-likeness (QED) is 0.601. The molecule has 8 heteroatoms. The van der Waals surface area contributed by atoms with Crippen LogP contribution in [-0.4, -0.2) is 30.0 Å². The Kier molecular flexibility index (Phi) is 6.87. The van der Waals surface area contributed by atoms with Gasteiger partial charge in [0.1, 0.15) is 10.8 Å². The minimum absolute atomic E-state index is 0.0600. The Morgan fingerprint density at radius 3 is 2.62 bits per heavy atom. The Labute approximate surface area is 173 Å². The molecule has 0 atom stereocenters. The molecule has 0 radical (unpaired) electrons. The summed E-state index contributed by atoms with van der Waals surface area (Å²) in [5.41, 5.74) is 2.06. The molecule has 2 aromatic rings. The van der Waals surface area contributed by atoms with Crippen molar-refractivity contribution in [2.75, 3.05) is 17.7 Å². The minimum atomic E-state index is -0.929. The summed E-state index contributed by atoms with van der Waals surface area (Å²) < 4.78 is 5.30. The van der Waals surface area contributed by atoms with E-state index in [0.29, 0.717) is 22.0 Å². The Hall–Kier alpha value is -2.87. The third-order valence-corrected chi connectivity index (χ3v) is 6.01. The van der Waals surface area contributed by atoms with E-state index in [2.05, 4.69) is 10.6 Å². The SMILES string of the molecule is COc1ccccc1NC(=O)c1c(NC(=O)CCCC(=O)O)sc2c1CCCC2. The third-order valence-electron chi connectivity index (χ3n) is 4.80. The number of rotatable bonds is 8. The number of nitrogens with one attached hydrogen (secondary N) is 2. The van der Waals surface area contributed by atoms with Crippen molar-refractivity contribution in [2.45, 2.75) is 44.9 Å². The van der Waals surface area contributed by atoms with Crippen molar-refractivity contribution in [1.29, 1.82) is 0 Å². The van der Waals surface area contributed by atoms with Crippen LogP contribution in [0.2, 0.25) is 0 Å². The fourth-order valence-corrected chi connectivity index (χ4v) is 4.72. The summed E-state index contributed by atoms with van der Waals surface area (Å²) in [7, 11) is 1.54. The summed E-state index contributed by atoms with van der Waals surface area (Å²) in [6, 6.07) is 7.17. The molecule has 3 N–H and O–H groups in total. The second-order valence-corrected chi connectivity index (χ2v) is 7.97. The van der Waals surface area contributed by atoms with Crippen LogP contribution >= 0.6 is 11.3 Å². The number of amides is 2. The number of carboxylic acid groups (broad SMARTS) is 1. The summed E-state index contributed by atoms with van der Waals surface area (Å²) in [5.74, 6) is -0.934. The van der Waals surface area contributed by atoms with Gasteiger partial charge in [-0.3, -0.25) is 14.4 Å². The number of carboxylic acids is 1. The number of carbonyl (C=O) groups is 3. The van der Waals surface area contributed by atoms with Crippen LogP contribution in [-0.2, 0) is 22.4 Å². The number of para-hydroxylation sites is 2. The number of hydrogen-bond donors (Lipinski definition) is 3. The summed E-state index contributed by atoms with van der Waals surface area (Å²) in [4.78, 5) is 37.2. The first-order valence-electron chi connectivity index (χ1n) is 9.60. The normalized spacial score (nSPS) is 12.7. The van der Waals surface area contributed by atoms with Gasteiger partial charge in [0, 0.05) is 17.7 Å². The van der Waals surface area contributed by atoms with Crippen LogP contribution < -0.4 is 15.4 Å². The van der Waals surface area contributed by atoms with Gasteiger partial charge in [-0.1, -0.05) is 12.1 Å². The largest absolute Gasteiger partial charge is 0.495 e. The second kappa shape index (κ2) is 9.56.